The summed E-state index contributed by atoms with van der Waals surface area (Å²) < 4.78 is 0. The molecule has 3 nitrogen and oxygen atoms in total. The molecule has 108 valence electrons. The lowest BCUT2D eigenvalue weighted by Crippen LogP contribution is -2.58. The van der Waals surface area contributed by atoms with E-state index in [1.54, 1.807) is 0 Å². The number of carbonyl (C=O) groups is 1. The molecule has 4 unspecified atom stereocenters. The van der Waals surface area contributed by atoms with Gasteiger partial charge >= 0.3 is 0 Å². The third-order valence-corrected chi connectivity index (χ3v) is 7.01. The van der Waals surface area contributed by atoms with Crippen LogP contribution in [0.2, 0.25) is 0 Å². The van der Waals surface area contributed by atoms with E-state index >= 15 is 0 Å². The van der Waals surface area contributed by atoms with Crippen LogP contribution in [0.25, 0.3) is 0 Å². The summed E-state index contributed by atoms with van der Waals surface area (Å²) in [5.41, 5.74) is 6.16. The number of carbonyl (C=O) groups excluding carboxylic acids is 1. The van der Waals surface area contributed by atoms with Gasteiger partial charge in [-0.1, -0.05) is 20.8 Å². The van der Waals surface area contributed by atoms with Crippen LogP contribution in [0.5, 0.6) is 0 Å². The first-order valence-corrected chi connectivity index (χ1v) is 7.79. The van der Waals surface area contributed by atoms with E-state index in [0.717, 1.165) is 25.2 Å². The molecule has 0 aromatic heterocycles. The molecule has 3 N–H and O–H groups in total. The number of hydrogen-bond acceptors (Lipinski definition) is 2. The Hall–Kier alpha value is -0.570. The van der Waals surface area contributed by atoms with Crippen molar-refractivity contribution < 1.29 is 4.79 Å². The van der Waals surface area contributed by atoms with E-state index in [-0.39, 0.29) is 11.3 Å². The van der Waals surface area contributed by atoms with Crippen LogP contribution in [0.1, 0.15) is 59.8 Å². The Morgan fingerprint density at radius 1 is 1.26 bits per heavy atom. The summed E-state index contributed by atoms with van der Waals surface area (Å²) in [7, 11) is 0. The lowest BCUT2D eigenvalue weighted by atomic mass is 9.69. The predicted molar refractivity (Wildman–Crippen MR) is 76.5 cm³/mol. The quantitative estimate of drug-likeness (QED) is 0.822. The summed E-state index contributed by atoms with van der Waals surface area (Å²) >= 11 is 0. The van der Waals surface area contributed by atoms with Crippen molar-refractivity contribution in [1.29, 1.82) is 0 Å². The van der Waals surface area contributed by atoms with Gasteiger partial charge in [0.2, 0.25) is 5.91 Å². The van der Waals surface area contributed by atoms with Crippen LogP contribution in [0.4, 0.5) is 0 Å². The SMILES string of the molecule is CC(N)(C(=O)NC1CC2CCC1(C)C2(C)C)C1CC1. The second-order valence-corrected chi connectivity index (χ2v) is 8.19. The van der Waals surface area contributed by atoms with Crippen LogP contribution < -0.4 is 11.1 Å². The average molecular weight is 264 g/mol. The Kier molecular flexibility index (Phi) is 2.65. The van der Waals surface area contributed by atoms with Gasteiger partial charge in [0, 0.05) is 6.04 Å². The predicted octanol–water partition coefficient (Wildman–Crippen LogP) is 2.44. The largest absolute Gasteiger partial charge is 0.351 e. The van der Waals surface area contributed by atoms with Crippen molar-refractivity contribution in [3.8, 4) is 0 Å². The van der Waals surface area contributed by atoms with Crippen LogP contribution in [0.15, 0.2) is 0 Å². The molecule has 0 heterocycles. The molecule has 4 atom stereocenters. The van der Waals surface area contributed by atoms with Crippen molar-refractivity contribution in [3.63, 3.8) is 0 Å². The molecule has 0 aromatic carbocycles. The molecule has 2 bridgehead atoms. The smallest absolute Gasteiger partial charge is 0.240 e. The Morgan fingerprint density at radius 3 is 2.32 bits per heavy atom. The lowest BCUT2D eigenvalue weighted by molar-refractivity contribution is -0.128. The fourth-order valence-electron chi connectivity index (χ4n) is 4.60. The highest BCUT2D eigenvalue weighted by atomic mass is 16.2. The second-order valence-electron chi connectivity index (χ2n) is 8.19. The third kappa shape index (κ3) is 1.70. The molecule has 0 aromatic rings. The van der Waals surface area contributed by atoms with Crippen LogP contribution in [0, 0.1) is 22.7 Å². The third-order valence-electron chi connectivity index (χ3n) is 7.01. The molecule has 0 saturated heterocycles. The van der Waals surface area contributed by atoms with Gasteiger partial charge in [-0.15, -0.1) is 0 Å². The highest BCUT2D eigenvalue weighted by molar-refractivity contribution is 5.86. The number of fused-ring (bicyclic) bond motifs is 2. The summed E-state index contributed by atoms with van der Waals surface area (Å²) in [4.78, 5) is 12.5. The molecule has 3 fully saturated rings. The normalized spacial score (nSPS) is 43.0. The van der Waals surface area contributed by atoms with Crippen molar-refractivity contribution >= 4 is 5.91 Å². The Morgan fingerprint density at radius 2 is 1.89 bits per heavy atom. The first kappa shape index (κ1) is 13.4. The topological polar surface area (TPSA) is 55.1 Å². The van der Waals surface area contributed by atoms with E-state index in [1.165, 1.54) is 12.8 Å². The fraction of sp³-hybridized carbons (Fsp3) is 0.938. The van der Waals surface area contributed by atoms with Gasteiger partial charge in [-0.05, 0) is 61.7 Å². The van der Waals surface area contributed by atoms with Crippen LogP contribution in [-0.2, 0) is 4.79 Å². The lowest BCUT2D eigenvalue weighted by Gasteiger charge is -2.40. The van der Waals surface area contributed by atoms with E-state index in [0.29, 0.717) is 17.4 Å². The van der Waals surface area contributed by atoms with E-state index < -0.39 is 5.54 Å². The number of amides is 1. The minimum absolute atomic E-state index is 0.0737. The Bertz CT molecular complexity index is 411. The molecule has 3 aliphatic carbocycles. The van der Waals surface area contributed by atoms with Crippen molar-refractivity contribution in [2.24, 2.45) is 28.4 Å². The molecule has 3 heteroatoms. The van der Waals surface area contributed by atoms with Gasteiger partial charge in [0.25, 0.3) is 0 Å². The standard InChI is InChI=1S/C16H28N2O/c1-14(2)11-7-8-15(14,3)12(9-11)18-13(19)16(4,17)10-5-6-10/h10-12H,5-9,17H2,1-4H3,(H,18,19). The summed E-state index contributed by atoms with van der Waals surface area (Å²) in [5.74, 6) is 1.23. The van der Waals surface area contributed by atoms with Gasteiger partial charge in [-0.3, -0.25) is 4.79 Å². The zero-order valence-corrected chi connectivity index (χ0v) is 12.8. The summed E-state index contributed by atoms with van der Waals surface area (Å²) in [5, 5.41) is 3.30. The van der Waals surface area contributed by atoms with Crippen molar-refractivity contribution in [3.05, 3.63) is 0 Å². The van der Waals surface area contributed by atoms with Gasteiger partial charge in [0.1, 0.15) is 0 Å². The maximum absolute atomic E-state index is 12.5. The molecule has 1 amide bonds. The van der Waals surface area contributed by atoms with E-state index in [9.17, 15) is 4.79 Å². The Labute approximate surface area is 116 Å². The zero-order chi connectivity index (χ0) is 14.1. The molecule has 3 saturated carbocycles. The first-order chi connectivity index (χ1) is 8.69. The van der Waals surface area contributed by atoms with E-state index in [2.05, 4.69) is 26.1 Å². The number of hydrogen-bond donors (Lipinski definition) is 2. The molecule has 3 aliphatic rings. The van der Waals surface area contributed by atoms with Gasteiger partial charge in [0.15, 0.2) is 0 Å². The molecular formula is C16H28N2O. The summed E-state index contributed by atoms with van der Waals surface area (Å²) in [6.45, 7) is 9.01. The van der Waals surface area contributed by atoms with Crippen LogP contribution in [-0.4, -0.2) is 17.5 Å². The van der Waals surface area contributed by atoms with E-state index in [1.807, 2.05) is 6.92 Å². The van der Waals surface area contributed by atoms with E-state index in [4.69, 9.17) is 5.73 Å². The van der Waals surface area contributed by atoms with Gasteiger partial charge < -0.3 is 11.1 Å². The number of nitrogens with two attached hydrogens (primary N) is 1. The van der Waals surface area contributed by atoms with Crippen LogP contribution in [0.3, 0.4) is 0 Å². The molecule has 3 rings (SSSR count). The van der Waals surface area contributed by atoms with Gasteiger partial charge in [-0.2, -0.15) is 0 Å². The molecule has 0 radical (unpaired) electrons. The molecular weight excluding hydrogens is 236 g/mol. The molecule has 19 heavy (non-hydrogen) atoms. The summed E-state index contributed by atoms with van der Waals surface area (Å²) in [6, 6.07) is 0.315. The zero-order valence-electron chi connectivity index (χ0n) is 12.8. The highest BCUT2D eigenvalue weighted by Gasteiger charge is 2.62. The highest BCUT2D eigenvalue weighted by Crippen LogP contribution is 2.65. The molecule has 0 aliphatic heterocycles. The monoisotopic (exact) mass is 264 g/mol. The maximum Gasteiger partial charge on any atom is 0.240 e. The van der Waals surface area contributed by atoms with Crippen molar-refractivity contribution in [2.45, 2.75) is 71.4 Å². The summed E-state index contributed by atoms with van der Waals surface area (Å²) in [6.07, 6.45) is 5.90. The minimum Gasteiger partial charge on any atom is -0.351 e. The maximum atomic E-state index is 12.5. The number of rotatable bonds is 3. The Balaban J connectivity index is 1.74. The fourth-order valence-corrected chi connectivity index (χ4v) is 4.60. The number of nitrogens with one attached hydrogen (secondary N) is 1. The second kappa shape index (κ2) is 3.75. The average Bonchev–Trinajstić information content (AvgIpc) is 3.10. The van der Waals surface area contributed by atoms with Gasteiger partial charge in [0.05, 0.1) is 5.54 Å². The minimum atomic E-state index is -0.664. The first-order valence-electron chi connectivity index (χ1n) is 7.79. The van der Waals surface area contributed by atoms with Crippen molar-refractivity contribution in [2.75, 3.05) is 0 Å². The van der Waals surface area contributed by atoms with Crippen LogP contribution >= 0.6 is 0 Å². The molecule has 0 spiro atoms. The van der Waals surface area contributed by atoms with Gasteiger partial charge in [-0.25, -0.2) is 0 Å². The van der Waals surface area contributed by atoms with Crippen molar-refractivity contribution in [1.82, 2.24) is 5.32 Å².